The number of likely N-dealkylation sites (N-methyl/N-ethyl adjacent to an activating group) is 1. The van der Waals surface area contributed by atoms with Crippen molar-refractivity contribution in [1.82, 2.24) is 9.88 Å². The van der Waals surface area contributed by atoms with E-state index in [4.69, 9.17) is 4.74 Å². The van der Waals surface area contributed by atoms with Gasteiger partial charge in [0.2, 0.25) is 0 Å². The predicted molar refractivity (Wildman–Crippen MR) is 86.6 cm³/mol. The lowest BCUT2D eigenvalue weighted by atomic mass is 10.2. The number of aromatic nitrogens is 1. The van der Waals surface area contributed by atoms with Crippen molar-refractivity contribution in [2.24, 2.45) is 0 Å². The molecular weight excluding hydrogens is 262 g/mol. The Morgan fingerprint density at radius 2 is 2.29 bits per heavy atom. The minimum absolute atomic E-state index is 0.296. The highest BCUT2D eigenvalue weighted by molar-refractivity contribution is 5.59. The second kappa shape index (κ2) is 6.16. The van der Waals surface area contributed by atoms with Crippen LogP contribution in [0.3, 0.4) is 0 Å². The van der Waals surface area contributed by atoms with Gasteiger partial charge >= 0.3 is 0 Å². The fourth-order valence-electron chi connectivity index (χ4n) is 2.88. The van der Waals surface area contributed by atoms with E-state index in [1.807, 2.05) is 13.1 Å². The number of nitrogens with zero attached hydrogens (tertiary/aromatic N) is 3. The fourth-order valence-corrected chi connectivity index (χ4v) is 2.88. The number of allylic oxidation sites excluding steroid dienone is 1. The first kappa shape index (κ1) is 14.5. The number of hydrogen-bond donors (Lipinski definition) is 0. The van der Waals surface area contributed by atoms with Crippen molar-refractivity contribution in [2.45, 2.75) is 31.9 Å². The van der Waals surface area contributed by atoms with Crippen LogP contribution in [0.4, 0.5) is 5.69 Å². The maximum Gasteiger partial charge on any atom is 0.0877 e. The molecule has 4 nitrogen and oxygen atoms in total. The standard InChI is InChI=1S/C17H25N3O/c1-13(2)17-7-6-15(10-18-17)20-8-9-21-16(12-20)11-19(3)14-4-5-14/h6-7,10,14,16H,1,4-5,8-9,11-12H2,2-3H3. The highest BCUT2D eigenvalue weighted by atomic mass is 16.5. The molecule has 1 unspecified atom stereocenters. The Balaban J connectivity index is 1.60. The molecule has 1 atom stereocenters. The lowest BCUT2D eigenvalue weighted by molar-refractivity contribution is 0.0192. The van der Waals surface area contributed by atoms with Crippen LogP contribution in [-0.4, -0.2) is 55.3 Å². The first-order chi connectivity index (χ1) is 10.1. The predicted octanol–water partition coefficient (Wildman–Crippen LogP) is 2.41. The highest BCUT2D eigenvalue weighted by Crippen LogP contribution is 2.26. The maximum absolute atomic E-state index is 5.92. The molecule has 0 spiro atoms. The molecule has 1 aromatic heterocycles. The third-order valence-corrected chi connectivity index (χ3v) is 4.35. The monoisotopic (exact) mass is 287 g/mol. The van der Waals surface area contributed by atoms with Crippen LogP contribution in [0.1, 0.15) is 25.5 Å². The van der Waals surface area contributed by atoms with E-state index in [0.29, 0.717) is 6.10 Å². The number of pyridine rings is 1. The number of ether oxygens (including phenoxy) is 1. The van der Waals surface area contributed by atoms with Gasteiger partial charge in [0.1, 0.15) is 0 Å². The van der Waals surface area contributed by atoms with Crippen LogP contribution in [0.15, 0.2) is 24.9 Å². The van der Waals surface area contributed by atoms with Gasteiger partial charge in [-0.25, -0.2) is 0 Å². The SMILES string of the molecule is C=C(C)c1ccc(N2CCOC(CN(C)C3CC3)C2)cn1. The van der Waals surface area contributed by atoms with E-state index in [0.717, 1.165) is 43.6 Å². The number of hydrogen-bond acceptors (Lipinski definition) is 4. The van der Waals surface area contributed by atoms with Gasteiger partial charge in [-0.3, -0.25) is 4.98 Å². The Labute approximate surface area is 127 Å². The minimum Gasteiger partial charge on any atom is -0.373 e. The highest BCUT2D eigenvalue weighted by Gasteiger charge is 2.29. The average molecular weight is 287 g/mol. The molecule has 3 rings (SSSR count). The van der Waals surface area contributed by atoms with E-state index in [2.05, 4.69) is 40.5 Å². The summed E-state index contributed by atoms with van der Waals surface area (Å²) in [4.78, 5) is 9.31. The Hall–Kier alpha value is -1.39. The van der Waals surface area contributed by atoms with Crippen LogP contribution in [0.5, 0.6) is 0 Å². The summed E-state index contributed by atoms with van der Waals surface area (Å²) in [6, 6.07) is 4.99. The molecule has 21 heavy (non-hydrogen) atoms. The van der Waals surface area contributed by atoms with Crippen LogP contribution in [0, 0.1) is 0 Å². The van der Waals surface area contributed by atoms with Gasteiger partial charge in [-0.05, 0) is 44.5 Å². The molecule has 1 saturated heterocycles. The van der Waals surface area contributed by atoms with Gasteiger partial charge in [0.15, 0.2) is 0 Å². The summed E-state index contributed by atoms with van der Waals surface area (Å²) in [7, 11) is 2.21. The molecule has 4 heteroatoms. The molecule has 0 radical (unpaired) electrons. The number of anilines is 1. The van der Waals surface area contributed by atoms with Crippen molar-refractivity contribution in [3.63, 3.8) is 0 Å². The van der Waals surface area contributed by atoms with E-state index in [9.17, 15) is 0 Å². The Morgan fingerprint density at radius 3 is 2.90 bits per heavy atom. The van der Waals surface area contributed by atoms with E-state index < -0.39 is 0 Å². The van der Waals surface area contributed by atoms with Gasteiger partial charge in [-0.1, -0.05) is 6.58 Å². The zero-order chi connectivity index (χ0) is 14.8. The molecule has 1 saturated carbocycles. The molecule has 1 aliphatic carbocycles. The van der Waals surface area contributed by atoms with Gasteiger partial charge in [-0.15, -0.1) is 0 Å². The van der Waals surface area contributed by atoms with Crippen molar-refractivity contribution >= 4 is 11.3 Å². The van der Waals surface area contributed by atoms with Crippen LogP contribution in [0.25, 0.3) is 5.57 Å². The van der Waals surface area contributed by atoms with E-state index >= 15 is 0 Å². The molecule has 1 aromatic rings. The van der Waals surface area contributed by atoms with Gasteiger partial charge < -0.3 is 14.5 Å². The summed E-state index contributed by atoms with van der Waals surface area (Å²) < 4.78 is 5.92. The Kier molecular flexibility index (Phi) is 4.27. The minimum atomic E-state index is 0.296. The molecule has 0 N–H and O–H groups in total. The first-order valence-corrected chi connectivity index (χ1v) is 7.82. The second-order valence-electron chi connectivity index (χ2n) is 6.29. The summed E-state index contributed by atoms with van der Waals surface area (Å²) in [6.07, 6.45) is 4.94. The molecule has 114 valence electrons. The van der Waals surface area contributed by atoms with E-state index in [1.165, 1.54) is 18.5 Å². The average Bonchev–Trinajstić information content (AvgIpc) is 3.32. The first-order valence-electron chi connectivity index (χ1n) is 7.82. The van der Waals surface area contributed by atoms with Gasteiger partial charge in [-0.2, -0.15) is 0 Å². The Morgan fingerprint density at radius 1 is 1.48 bits per heavy atom. The van der Waals surface area contributed by atoms with Crippen LogP contribution in [0.2, 0.25) is 0 Å². The lowest BCUT2D eigenvalue weighted by Crippen LogP contribution is -2.47. The van der Waals surface area contributed by atoms with Crippen LogP contribution < -0.4 is 4.90 Å². The smallest absolute Gasteiger partial charge is 0.0877 e. The van der Waals surface area contributed by atoms with E-state index in [-0.39, 0.29) is 0 Å². The number of rotatable bonds is 5. The molecule has 0 amide bonds. The van der Waals surface area contributed by atoms with Gasteiger partial charge in [0.05, 0.1) is 30.3 Å². The molecule has 2 fully saturated rings. The topological polar surface area (TPSA) is 28.6 Å². The lowest BCUT2D eigenvalue weighted by Gasteiger charge is -2.36. The summed E-state index contributed by atoms with van der Waals surface area (Å²) in [5, 5.41) is 0. The molecule has 0 bridgehead atoms. The summed E-state index contributed by atoms with van der Waals surface area (Å²) in [5.41, 5.74) is 3.16. The molecule has 2 aliphatic rings. The third-order valence-electron chi connectivity index (χ3n) is 4.35. The molecular formula is C17H25N3O. The zero-order valence-electron chi connectivity index (χ0n) is 13.1. The fraction of sp³-hybridized carbons (Fsp3) is 0.588. The third kappa shape index (κ3) is 3.63. The van der Waals surface area contributed by atoms with Crippen molar-refractivity contribution in [1.29, 1.82) is 0 Å². The van der Waals surface area contributed by atoms with Crippen molar-refractivity contribution < 1.29 is 4.74 Å². The van der Waals surface area contributed by atoms with E-state index in [1.54, 1.807) is 0 Å². The molecule has 2 heterocycles. The summed E-state index contributed by atoms with van der Waals surface area (Å²) in [6.45, 7) is 9.63. The quantitative estimate of drug-likeness (QED) is 0.831. The van der Waals surface area contributed by atoms with Crippen LogP contribution in [-0.2, 0) is 4.74 Å². The zero-order valence-corrected chi connectivity index (χ0v) is 13.1. The maximum atomic E-state index is 5.92. The summed E-state index contributed by atoms with van der Waals surface area (Å²) in [5.74, 6) is 0. The molecule has 0 aromatic carbocycles. The largest absolute Gasteiger partial charge is 0.373 e. The Bertz CT molecular complexity index is 495. The number of morpholine rings is 1. The van der Waals surface area contributed by atoms with Crippen molar-refractivity contribution in [3.05, 3.63) is 30.6 Å². The van der Waals surface area contributed by atoms with Gasteiger partial charge in [0, 0.05) is 25.7 Å². The molecule has 1 aliphatic heterocycles. The normalized spacial score (nSPS) is 22.6. The summed E-state index contributed by atoms with van der Waals surface area (Å²) >= 11 is 0. The van der Waals surface area contributed by atoms with Crippen LogP contribution >= 0.6 is 0 Å². The van der Waals surface area contributed by atoms with Gasteiger partial charge in [0.25, 0.3) is 0 Å². The van der Waals surface area contributed by atoms with Crippen molar-refractivity contribution in [3.8, 4) is 0 Å². The second-order valence-corrected chi connectivity index (χ2v) is 6.29. The van der Waals surface area contributed by atoms with Crippen molar-refractivity contribution in [2.75, 3.05) is 38.2 Å².